The van der Waals surface area contributed by atoms with Gasteiger partial charge in [0.1, 0.15) is 5.82 Å². The lowest BCUT2D eigenvalue weighted by Gasteiger charge is -2.26. The zero-order valence-electron chi connectivity index (χ0n) is 14.6. The van der Waals surface area contributed by atoms with Crippen LogP contribution in [-0.4, -0.2) is 18.5 Å². The molecule has 0 aliphatic heterocycles. The van der Waals surface area contributed by atoms with E-state index >= 15 is 0 Å². The molecular formula is C21H19ClFNO3. The van der Waals surface area contributed by atoms with E-state index in [-0.39, 0.29) is 22.5 Å². The summed E-state index contributed by atoms with van der Waals surface area (Å²) in [7, 11) is 0. The Bertz CT molecular complexity index is 861. The Morgan fingerprint density at radius 1 is 1.22 bits per heavy atom. The fourth-order valence-corrected chi connectivity index (χ4v) is 3.37. The van der Waals surface area contributed by atoms with Gasteiger partial charge in [0.25, 0.3) is 5.91 Å². The number of rotatable bonds is 5. The fraction of sp³-hybridized carbons (Fsp3) is 0.238. The minimum absolute atomic E-state index is 0.0751. The Kier molecular flexibility index (Phi) is 6.24. The zero-order chi connectivity index (χ0) is 19.2. The van der Waals surface area contributed by atoms with Gasteiger partial charge in [-0.25, -0.2) is 9.18 Å². The highest BCUT2D eigenvalue weighted by molar-refractivity contribution is 6.32. The average molecular weight is 388 g/mol. The van der Waals surface area contributed by atoms with Crippen LogP contribution in [-0.2, 0) is 20.7 Å². The SMILES string of the molecule is O=C(COC(=O)/C=C/c1c(F)cccc1Cl)N[C@H]1CCCc2ccccc21. The Labute approximate surface area is 162 Å². The lowest BCUT2D eigenvalue weighted by Crippen LogP contribution is -2.34. The molecule has 4 nitrogen and oxygen atoms in total. The summed E-state index contributed by atoms with van der Waals surface area (Å²) in [6.07, 6.45) is 5.12. The van der Waals surface area contributed by atoms with Crippen LogP contribution in [0.1, 0.15) is 35.6 Å². The van der Waals surface area contributed by atoms with Crippen molar-refractivity contribution in [3.63, 3.8) is 0 Å². The molecule has 2 aromatic rings. The maximum Gasteiger partial charge on any atom is 0.331 e. The molecule has 0 aromatic heterocycles. The van der Waals surface area contributed by atoms with Gasteiger partial charge in [0.2, 0.25) is 0 Å². The van der Waals surface area contributed by atoms with Gasteiger partial charge in [-0.15, -0.1) is 0 Å². The highest BCUT2D eigenvalue weighted by Crippen LogP contribution is 2.29. The van der Waals surface area contributed by atoms with E-state index in [0.29, 0.717) is 0 Å². The van der Waals surface area contributed by atoms with E-state index in [1.165, 1.54) is 29.8 Å². The van der Waals surface area contributed by atoms with Gasteiger partial charge in [-0.2, -0.15) is 0 Å². The molecule has 6 heteroatoms. The van der Waals surface area contributed by atoms with Crippen molar-refractivity contribution in [2.45, 2.75) is 25.3 Å². The standard InChI is InChI=1S/C21H19ClFNO3/c22-17-8-4-9-18(23)16(17)11-12-21(26)27-13-20(25)24-19-10-3-6-14-5-1-2-7-15(14)19/h1-2,4-5,7-9,11-12,19H,3,6,10,13H2,(H,24,25)/b12-11+/t19-/m0/s1. The predicted molar refractivity (Wildman–Crippen MR) is 102 cm³/mol. The molecule has 1 N–H and O–H groups in total. The quantitative estimate of drug-likeness (QED) is 0.617. The number of aryl methyl sites for hydroxylation is 1. The van der Waals surface area contributed by atoms with E-state index in [4.69, 9.17) is 16.3 Å². The first-order valence-electron chi connectivity index (χ1n) is 8.70. The van der Waals surface area contributed by atoms with E-state index in [9.17, 15) is 14.0 Å². The van der Waals surface area contributed by atoms with Crippen LogP contribution in [0.15, 0.2) is 48.5 Å². The number of hydrogen-bond donors (Lipinski definition) is 1. The smallest absolute Gasteiger partial charge is 0.331 e. The van der Waals surface area contributed by atoms with Gasteiger partial charge in [-0.3, -0.25) is 4.79 Å². The molecule has 1 atom stereocenters. The van der Waals surface area contributed by atoms with E-state index < -0.39 is 18.4 Å². The summed E-state index contributed by atoms with van der Waals surface area (Å²) in [6, 6.07) is 12.2. The van der Waals surface area contributed by atoms with Crippen LogP contribution < -0.4 is 5.32 Å². The molecule has 1 amide bonds. The molecule has 27 heavy (non-hydrogen) atoms. The van der Waals surface area contributed by atoms with Crippen LogP contribution in [0.2, 0.25) is 5.02 Å². The molecule has 0 radical (unpaired) electrons. The zero-order valence-corrected chi connectivity index (χ0v) is 15.3. The van der Waals surface area contributed by atoms with Crippen LogP contribution >= 0.6 is 11.6 Å². The van der Waals surface area contributed by atoms with Gasteiger partial charge in [-0.1, -0.05) is 41.9 Å². The number of fused-ring (bicyclic) bond motifs is 1. The lowest BCUT2D eigenvalue weighted by molar-refractivity contribution is -0.144. The molecule has 0 bridgehead atoms. The summed E-state index contributed by atoms with van der Waals surface area (Å²) in [5.74, 6) is -1.66. The summed E-state index contributed by atoms with van der Waals surface area (Å²) >= 11 is 5.88. The van der Waals surface area contributed by atoms with Crippen molar-refractivity contribution in [3.8, 4) is 0 Å². The van der Waals surface area contributed by atoms with Gasteiger partial charge >= 0.3 is 5.97 Å². The minimum Gasteiger partial charge on any atom is -0.452 e. The minimum atomic E-state index is -0.742. The van der Waals surface area contributed by atoms with Gasteiger partial charge in [0.05, 0.1) is 11.1 Å². The van der Waals surface area contributed by atoms with Gasteiger partial charge < -0.3 is 10.1 Å². The molecule has 1 aliphatic rings. The lowest BCUT2D eigenvalue weighted by atomic mass is 9.88. The Morgan fingerprint density at radius 2 is 2.04 bits per heavy atom. The van der Waals surface area contributed by atoms with Crippen LogP contribution in [0, 0.1) is 5.82 Å². The topological polar surface area (TPSA) is 55.4 Å². The maximum atomic E-state index is 13.6. The second kappa shape index (κ2) is 8.82. The summed E-state index contributed by atoms with van der Waals surface area (Å²) in [6.45, 7) is -0.396. The van der Waals surface area contributed by atoms with Gasteiger partial charge in [0, 0.05) is 11.6 Å². The number of amides is 1. The van der Waals surface area contributed by atoms with Gasteiger partial charge in [-0.05, 0) is 48.6 Å². The Balaban J connectivity index is 1.52. The first kappa shape index (κ1) is 19.1. The third-order valence-electron chi connectivity index (χ3n) is 4.44. The van der Waals surface area contributed by atoms with E-state index in [2.05, 4.69) is 11.4 Å². The monoisotopic (exact) mass is 387 g/mol. The normalized spacial score (nSPS) is 16.0. The summed E-state index contributed by atoms with van der Waals surface area (Å²) in [5.41, 5.74) is 2.44. The van der Waals surface area contributed by atoms with Crippen molar-refractivity contribution in [2.24, 2.45) is 0 Å². The fourth-order valence-electron chi connectivity index (χ4n) is 3.15. The summed E-state index contributed by atoms with van der Waals surface area (Å²) in [4.78, 5) is 23.9. The van der Waals surface area contributed by atoms with E-state index in [0.717, 1.165) is 30.9 Å². The molecular weight excluding hydrogens is 369 g/mol. The number of benzene rings is 2. The number of esters is 1. The highest BCUT2D eigenvalue weighted by atomic mass is 35.5. The van der Waals surface area contributed by atoms with Crippen molar-refractivity contribution in [1.82, 2.24) is 5.32 Å². The number of nitrogens with one attached hydrogen (secondary N) is 1. The van der Waals surface area contributed by atoms with Gasteiger partial charge in [0.15, 0.2) is 6.61 Å². The molecule has 1 aliphatic carbocycles. The third kappa shape index (κ3) is 4.95. The second-order valence-electron chi connectivity index (χ2n) is 6.29. The number of hydrogen-bond acceptors (Lipinski definition) is 3. The van der Waals surface area contributed by atoms with Crippen LogP contribution in [0.5, 0.6) is 0 Å². The number of ether oxygens (including phenoxy) is 1. The summed E-state index contributed by atoms with van der Waals surface area (Å²) in [5, 5.41) is 3.09. The first-order valence-corrected chi connectivity index (χ1v) is 9.08. The first-order chi connectivity index (χ1) is 13.0. The van der Waals surface area contributed by atoms with Crippen molar-refractivity contribution in [3.05, 3.63) is 76.1 Å². The second-order valence-corrected chi connectivity index (χ2v) is 6.69. The molecule has 0 heterocycles. The molecule has 0 saturated carbocycles. The molecule has 0 spiro atoms. The largest absolute Gasteiger partial charge is 0.452 e. The van der Waals surface area contributed by atoms with E-state index in [1.54, 1.807) is 0 Å². The number of carbonyl (C=O) groups is 2. The molecule has 0 unspecified atom stereocenters. The van der Waals surface area contributed by atoms with Crippen LogP contribution in [0.25, 0.3) is 6.08 Å². The van der Waals surface area contributed by atoms with E-state index in [1.807, 2.05) is 18.2 Å². The average Bonchev–Trinajstić information content (AvgIpc) is 2.66. The molecule has 0 fully saturated rings. The molecule has 2 aromatic carbocycles. The highest BCUT2D eigenvalue weighted by Gasteiger charge is 2.21. The molecule has 3 rings (SSSR count). The van der Waals surface area contributed by atoms with Crippen LogP contribution in [0.4, 0.5) is 4.39 Å². The third-order valence-corrected chi connectivity index (χ3v) is 4.77. The van der Waals surface area contributed by atoms with Crippen molar-refractivity contribution in [2.75, 3.05) is 6.61 Å². The molecule has 0 saturated heterocycles. The van der Waals surface area contributed by atoms with Crippen LogP contribution in [0.3, 0.4) is 0 Å². The summed E-state index contributed by atoms with van der Waals surface area (Å²) < 4.78 is 18.6. The van der Waals surface area contributed by atoms with Crippen molar-refractivity contribution < 1.29 is 18.7 Å². The predicted octanol–water partition coefficient (Wildman–Crippen LogP) is 4.23. The maximum absolute atomic E-state index is 13.6. The molecule has 140 valence electrons. The van der Waals surface area contributed by atoms with Crippen molar-refractivity contribution >= 4 is 29.6 Å². The Morgan fingerprint density at radius 3 is 2.85 bits per heavy atom. The number of carbonyl (C=O) groups excluding carboxylic acids is 2. The Hall–Kier alpha value is -2.66. The van der Waals surface area contributed by atoms with Crippen molar-refractivity contribution in [1.29, 1.82) is 0 Å². The number of halogens is 2.